The van der Waals surface area contributed by atoms with E-state index >= 15 is 0 Å². The van der Waals surface area contributed by atoms with Crippen LogP contribution in [-0.4, -0.2) is 25.6 Å². The lowest BCUT2D eigenvalue weighted by Crippen LogP contribution is -2.39. The molecule has 5 heteroatoms. The van der Waals surface area contributed by atoms with Crippen LogP contribution in [0.2, 0.25) is 0 Å². The molecule has 4 nitrogen and oxygen atoms in total. The molecule has 0 unspecified atom stereocenters. The molecule has 100 valence electrons. The Hall–Kier alpha value is -1.26. The second-order valence-electron chi connectivity index (χ2n) is 4.22. The molecular formula is C13H19ClN2O2. The first-order chi connectivity index (χ1) is 8.29. The topological polar surface area (TPSA) is 50.4 Å². The van der Waals surface area contributed by atoms with Crippen LogP contribution in [0.5, 0.6) is 5.75 Å². The summed E-state index contributed by atoms with van der Waals surface area (Å²) in [5, 5.41) is 6.11. The van der Waals surface area contributed by atoms with Gasteiger partial charge in [-0.15, -0.1) is 12.4 Å². The highest BCUT2D eigenvalue weighted by atomic mass is 35.5. The maximum atomic E-state index is 11.8. The fourth-order valence-electron chi connectivity index (χ4n) is 2.00. The molecule has 1 aliphatic heterocycles. The second-order valence-corrected chi connectivity index (χ2v) is 4.22. The Bertz CT molecular complexity index is 392. The number of hydrogen-bond acceptors (Lipinski definition) is 3. The SMILES string of the molecule is COc1cccc(CNC(=O)[C@H]2CCCN2)c1.Cl. The summed E-state index contributed by atoms with van der Waals surface area (Å²) in [4.78, 5) is 11.8. The van der Waals surface area contributed by atoms with Crippen LogP contribution in [0, 0.1) is 0 Å². The number of amides is 1. The first-order valence-corrected chi connectivity index (χ1v) is 5.93. The average Bonchev–Trinajstić information content (AvgIpc) is 2.90. The van der Waals surface area contributed by atoms with Crippen molar-refractivity contribution in [2.45, 2.75) is 25.4 Å². The zero-order chi connectivity index (χ0) is 12.1. The minimum Gasteiger partial charge on any atom is -0.497 e. The lowest BCUT2D eigenvalue weighted by atomic mass is 10.2. The van der Waals surface area contributed by atoms with Crippen LogP contribution in [0.3, 0.4) is 0 Å². The lowest BCUT2D eigenvalue weighted by molar-refractivity contribution is -0.122. The van der Waals surface area contributed by atoms with E-state index in [0.29, 0.717) is 6.54 Å². The molecular weight excluding hydrogens is 252 g/mol. The van der Waals surface area contributed by atoms with Gasteiger partial charge >= 0.3 is 0 Å². The molecule has 2 rings (SSSR count). The standard InChI is InChI=1S/C13H18N2O2.ClH/c1-17-11-5-2-4-10(8-11)9-15-13(16)12-6-3-7-14-12;/h2,4-5,8,12,14H,3,6-7,9H2,1H3,(H,15,16);1H/t12-;/m1./s1. The molecule has 1 amide bonds. The number of carbonyl (C=O) groups excluding carboxylic acids is 1. The molecule has 0 saturated carbocycles. The third kappa shape index (κ3) is 3.89. The van der Waals surface area contributed by atoms with Crippen molar-refractivity contribution in [3.63, 3.8) is 0 Å². The quantitative estimate of drug-likeness (QED) is 0.872. The Morgan fingerprint density at radius 1 is 1.56 bits per heavy atom. The third-order valence-corrected chi connectivity index (χ3v) is 2.98. The summed E-state index contributed by atoms with van der Waals surface area (Å²) in [7, 11) is 1.64. The molecule has 1 heterocycles. The minimum atomic E-state index is -0.0133. The van der Waals surface area contributed by atoms with Crippen LogP contribution in [0.4, 0.5) is 0 Å². The van der Waals surface area contributed by atoms with E-state index in [2.05, 4.69) is 10.6 Å². The maximum Gasteiger partial charge on any atom is 0.237 e. The van der Waals surface area contributed by atoms with Crippen LogP contribution in [0.15, 0.2) is 24.3 Å². The predicted octanol–water partition coefficient (Wildman–Crippen LogP) is 1.49. The van der Waals surface area contributed by atoms with Crippen molar-refractivity contribution in [1.82, 2.24) is 10.6 Å². The van der Waals surface area contributed by atoms with E-state index in [0.717, 1.165) is 30.7 Å². The summed E-state index contributed by atoms with van der Waals surface area (Å²) < 4.78 is 5.14. The number of benzene rings is 1. The Morgan fingerprint density at radius 3 is 3.06 bits per heavy atom. The molecule has 1 atom stereocenters. The van der Waals surface area contributed by atoms with Gasteiger partial charge in [0, 0.05) is 6.54 Å². The van der Waals surface area contributed by atoms with E-state index in [9.17, 15) is 4.79 Å². The number of ether oxygens (including phenoxy) is 1. The van der Waals surface area contributed by atoms with Crippen molar-refractivity contribution in [2.75, 3.05) is 13.7 Å². The Balaban J connectivity index is 0.00000162. The van der Waals surface area contributed by atoms with E-state index in [1.807, 2.05) is 24.3 Å². The van der Waals surface area contributed by atoms with Gasteiger partial charge in [0.25, 0.3) is 0 Å². The van der Waals surface area contributed by atoms with Crippen molar-refractivity contribution >= 4 is 18.3 Å². The summed E-state index contributed by atoms with van der Waals surface area (Å²) in [6.07, 6.45) is 2.02. The number of halogens is 1. The molecule has 2 N–H and O–H groups in total. The zero-order valence-electron chi connectivity index (χ0n) is 10.4. The molecule has 1 aliphatic rings. The first kappa shape index (κ1) is 14.8. The van der Waals surface area contributed by atoms with Crippen LogP contribution in [0.25, 0.3) is 0 Å². The summed E-state index contributed by atoms with van der Waals surface area (Å²) in [5.74, 6) is 0.904. The van der Waals surface area contributed by atoms with E-state index in [1.54, 1.807) is 7.11 Å². The van der Waals surface area contributed by atoms with Gasteiger partial charge in [0.05, 0.1) is 13.2 Å². The van der Waals surface area contributed by atoms with Gasteiger partial charge in [0.1, 0.15) is 5.75 Å². The largest absolute Gasteiger partial charge is 0.497 e. The van der Waals surface area contributed by atoms with Gasteiger partial charge in [0.2, 0.25) is 5.91 Å². The summed E-state index contributed by atoms with van der Waals surface area (Å²) in [5.41, 5.74) is 1.05. The van der Waals surface area contributed by atoms with E-state index in [1.165, 1.54) is 0 Å². The van der Waals surface area contributed by atoms with Gasteiger partial charge in [-0.2, -0.15) is 0 Å². The highest BCUT2D eigenvalue weighted by Gasteiger charge is 2.21. The van der Waals surface area contributed by atoms with Crippen LogP contribution in [-0.2, 0) is 11.3 Å². The average molecular weight is 271 g/mol. The van der Waals surface area contributed by atoms with Gasteiger partial charge < -0.3 is 15.4 Å². The Morgan fingerprint density at radius 2 is 2.39 bits per heavy atom. The number of carbonyl (C=O) groups is 1. The van der Waals surface area contributed by atoms with Crippen molar-refractivity contribution in [1.29, 1.82) is 0 Å². The molecule has 0 bridgehead atoms. The fraction of sp³-hybridized carbons (Fsp3) is 0.462. The maximum absolute atomic E-state index is 11.8. The zero-order valence-corrected chi connectivity index (χ0v) is 11.3. The summed E-state index contributed by atoms with van der Waals surface area (Å²) in [6.45, 7) is 1.49. The predicted molar refractivity (Wildman–Crippen MR) is 73.1 cm³/mol. The minimum absolute atomic E-state index is 0. The van der Waals surface area contributed by atoms with Crippen molar-refractivity contribution in [3.8, 4) is 5.75 Å². The highest BCUT2D eigenvalue weighted by Crippen LogP contribution is 2.12. The number of hydrogen-bond donors (Lipinski definition) is 2. The molecule has 0 spiro atoms. The third-order valence-electron chi connectivity index (χ3n) is 2.98. The van der Waals surface area contributed by atoms with Gasteiger partial charge in [-0.1, -0.05) is 12.1 Å². The summed E-state index contributed by atoms with van der Waals surface area (Å²) in [6, 6.07) is 7.71. The van der Waals surface area contributed by atoms with Crippen molar-refractivity contribution in [2.24, 2.45) is 0 Å². The number of nitrogens with one attached hydrogen (secondary N) is 2. The smallest absolute Gasteiger partial charge is 0.237 e. The van der Waals surface area contributed by atoms with E-state index in [4.69, 9.17) is 4.74 Å². The van der Waals surface area contributed by atoms with Crippen LogP contribution >= 0.6 is 12.4 Å². The Kier molecular flexibility index (Phi) is 5.95. The normalized spacial score (nSPS) is 17.9. The van der Waals surface area contributed by atoms with Gasteiger partial charge in [0.15, 0.2) is 0 Å². The molecule has 18 heavy (non-hydrogen) atoms. The monoisotopic (exact) mass is 270 g/mol. The van der Waals surface area contributed by atoms with Gasteiger partial charge in [-0.05, 0) is 37.1 Å². The molecule has 1 aromatic rings. The van der Waals surface area contributed by atoms with E-state index < -0.39 is 0 Å². The van der Waals surface area contributed by atoms with Gasteiger partial charge in [-0.3, -0.25) is 4.79 Å². The number of methoxy groups -OCH3 is 1. The van der Waals surface area contributed by atoms with Crippen LogP contribution in [0.1, 0.15) is 18.4 Å². The molecule has 0 aliphatic carbocycles. The van der Waals surface area contributed by atoms with Crippen molar-refractivity contribution < 1.29 is 9.53 Å². The Labute approximate surface area is 114 Å². The second kappa shape index (κ2) is 7.24. The molecule has 1 saturated heterocycles. The molecule has 0 radical (unpaired) electrons. The summed E-state index contributed by atoms with van der Waals surface area (Å²) >= 11 is 0. The number of rotatable bonds is 4. The van der Waals surface area contributed by atoms with Crippen LogP contribution < -0.4 is 15.4 Å². The molecule has 1 aromatic carbocycles. The van der Waals surface area contributed by atoms with Gasteiger partial charge in [-0.25, -0.2) is 0 Å². The lowest BCUT2D eigenvalue weighted by Gasteiger charge is -2.11. The van der Waals surface area contributed by atoms with E-state index in [-0.39, 0.29) is 24.4 Å². The fourth-order valence-corrected chi connectivity index (χ4v) is 2.00. The first-order valence-electron chi connectivity index (χ1n) is 5.93. The molecule has 1 fully saturated rings. The highest BCUT2D eigenvalue weighted by molar-refractivity contribution is 5.85. The molecule has 0 aromatic heterocycles. The van der Waals surface area contributed by atoms with Crippen molar-refractivity contribution in [3.05, 3.63) is 29.8 Å².